The maximum atomic E-state index is 8.24. The largest absolute Gasteiger partial charge is 0.569 e. The van der Waals surface area contributed by atoms with Crippen molar-refractivity contribution in [3.8, 4) is 17.0 Å². The minimum absolute atomic E-state index is 0. The van der Waals surface area contributed by atoms with E-state index in [1.807, 2.05) is 85.1 Å². The van der Waals surface area contributed by atoms with E-state index in [2.05, 4.69) is 118 Å². The third-order valence-electron chi connectivity index (χ3n) is 12.9. The van der Waals surface area contributed by atoms with Crippen LogP contribution in [0.2, 0.25) is 20.1 Å². The Labute approximate surface area is 496 Å². The molecule has 11 nitrogen and oxygen atoms in total. The van der Waals surface area contributed by atoms with Crippen molar-refractivity contribution in [2.75, 3.05) is 0 Å². The van der Waals surface area contributed by atoms with E-state index < -0.39 is 0 Å². The Morgan fingerprint density at radius 3 is 1.49 bits per heavy atom. The highest BCUT2D eigenvalue weighted by atomic mass is 79.9. The van der Waals surface area contributed by atoms with Gasteiger partial charge in [0.25, 0.3) is 0 Å². The van der Waals surface area contributed by atoms with Gasteiger partial charge < -0.3 is 9.68 Å². The zero-order chi connectivity index (χ0) is 55.0. The molecule has 15 rings (SSSR count). The number of hydrogen-bond acceptors (Lipinski definition) is 9. The first-order valence-corrected chi connectivity index (χ1v) is 27.3. The molecule has 0 saturated carbocycles. The van der Waals surface area contributed by atoms with Crippen LogP contribution >= 0.6 is 62.3 Å². The number of hydrogen-bond donors (Lipinski definition) is 1. The van der Waals surface area contributed by atoms with E-state index in [1.165, 1.54) is 11.1 Å². The van der Waals surface area contributed by atoms with Crippen molar-refractivity contribution in [3.05, 3.63) is 261 Å². The number of imidazole rings is 2. The molecule has 0 aliphatic carbocycles. The van der Waals surface area contributed by atoms with Gasteiger partial charge in [-0.05, 0) is 124 Å². The number of aliphatic imine (C=N–C) groups is 2. The Hall–Kier alpha value is -8.27. The first kappa shape index (κ1) is 56.0. The lowest BCUT2D eigenvalue weighted by molar-refractivity contribution is 0.454. The summed E-state index contributed by atoms with van der Waals surface area (Å²) in [5.41, 5.74) is 17.3. The Balaban J connectivity index is 0.000000124. The van der Waals surface area contributed by atoms with Crippen LogP contribution in [0.5, 0.6) is 5.75 Å². The molecule has 0 fully saturated rings. The van der Waals surface area contributed by atoms with Crippen LogP contribution < -0.4 is 4.65 Å². The van der Waals surface area contributed by atoms with E-state index in [-0.39, 0.29) is 7.43 Å². The summed E-state index contributed by atoms with van der Waals surface area (Å²) >= 11 is 26.4. The lowest BCUT2D eigenvalue weighted by Gasteiger charge is -2.07. The van der Waals surface area contributed by atoms with Crippen LogP contribution in [-0.4, -0.2) is 57.9 Å². The fourth-order valence-corrected chi connectivity index (χ4v) is 10.3. The van der Waals surface area contributed by atoms with E-state index in [0.717, 1.165) is 102 Å². The monoisotopic (exact) mass is 1200 g/mol. The number of para-hydroxylation sites is 8. The molecule has 0 atom stereocenters. The number of nitrogens with zero attached hydrogens (tertiary/aromatic N) is 9. The highest BCUT2D eigenvalue weighted by Crippen LogP contribution is 2.34. The molecule has 17 heteroatoms. The van der Waals surface area contributed by atoms with Gasteiger partial charge in [-0.3, -0.25) is 28.8 Å². The second-order valence-corrected chi connectivity index (χ2v) is 20.3. The lowest BCUT2D eigenvalue weighted by Crippen LogP contribution is -2.13. The van der Waals surface area contributed by atoms with E-state index in [9.17, 15) is 0 Å². The molecule has 2 aliphatic heterocycles. The van der Waals surface area contributed by atoms with Gasteiger partial charge in [0.2, 0.25) is 0 Å². The van der Waals surface area contributed by atoms with Crippen molar-refractivity contribution >= 4 is 148 Å². The minimum atomic E-state index is 0. The van der Waals surface area contributed by atoms with Crippen LogP contribution in [0.1, 0.15) is 18.6 Å². The molecule has 0 spiro atoms. The van der Waals surface area contributed by atoms with Gasteiger partial charge >= 0.3 is 7.69 Å². The average Bonchev–Trinajstić information content (AvgIpc) is 4.22. The van der Waals surface area contributed by atoms with Gasteiger partial charge in [0.1, 0.15) is 10.4 Å². The summed E-state index contributed by atoms with van der Waals surface area (Å²) in [5.74, 6) is 0.451. The summed E-state index contributed by atoms with van der Waals surface area (Å²) in [5, 5.41) is 11.7. The van der Waals surface area contributed by atoms with Crippen LogP contribution in [0.25, 0.3) is 66.6 Å². The Morgan fingerprint density at radius 2 is 0.926 bits per heavy atom. The molecule has 6 aromatic heterocycles. The lowest BCUT2D eigenvalue weighted by atomic mass is 10.0. The van der Waals surface area contributed by atoms with E-state index in [0.29, 0.717) is 38.1 Å². The zero-order valence-corrected chi connectivity index (χ0v) is 46.7. The van der Waals surface area contributed by atoms with Crippen molar-refractivity contribution in [1.29, 1.82) is 0 Å². The fraction of sp³-hybridized carbons (Fsp3) is 0.0469. The van der Waals surface area contributed by atoms with Crippen molar-refractivity contribution in [1.82, 2.24) is 33.7 Å². The third kappa shape index (κ3) is 12.3. The highest BCUT2D eigenvalue weighted by Gasteiger charge is 2.23. The Kier molecular flexibility index (Phi) is 17.9. The molecule has 2 aliphatic rings. The number of aromatic nitrogens is 7. The predicted octanol–water partition coefficient (Wildman–Crippen LogP) is 17.6. The van der Waals surface area contributed by atoms with Gasteiger partial charge in [-0.2, -0.15) is 0 Å². The normalized spacial score (nSPS) is 11.8. The van der Waals surface area contributed by atoms with Crippen LogP contribution in [0, 0.1) is 0 Å². The first-order valence-electron chi connectivity index (χ1n) is 25.0. The molecule has 0 bridgehead atoms. The summed E-state index contributed by atoms with van der Waals surface area (Å²) < 4.78 is 9.73. The van der Waals surface area contributed by atoms with Crippen LogP contribution in [-0.2, 0) is 12.8 Å². The summed E-state index contributed by atoms with van der Waals surface area (Å²) in [6.07, 6.45) is 7.06. The van der Waals surface area contributed by atoms with Gasteiger partial charge in [0, 0.05) is 42.4 Å². The second-order valence-electron chi connectivity index (χ2n) is 17.9. The highest BCUT2D eigenvalue weighted by molar-refractivity contribution is 9.10. The molecule has 0 saturated heterocycles. The predicted molar refractivity (Wildman–Crippen MR) is 338 cm³/mol. The molecule has 8 heterocycles. The average molecular weight is 1210 g/mol. The van der Waals surface area contributed by atoms with Crippen LogP contribution in [0.15, 0.2) is 239 Å². The molecule has 7 aromatic carbocycles. The van der Waals surface area contributed by atoms with Crippen molar-refractivity contribution in [3.63, 3.8) is 0 Å². The number of fused-ring (bicyclic) bond motifs is 14. The number of benzene rings is 7. The molecule has 0 amide bonds. The van der Waals surface area contributed by atoms with Crippen LogP contribution in [0.4, 0.5) is 11.4 Å². The van der Waals surface area contributed by atoms with Crippen molar-refractivity contribution in [2.24, 2.45) is 9.98 Å². The molecule has 1 N–H and O–H groups in total. The first-order chi connectivity index (χ1) is 39.2. The summed E-state index contributed by atoms with van der Waals surface area (Å²) in [6.45, 7) is 0. The third-order valence-corrected chi connectivity index (χ3v) is 15.0. The van der Waals surface area contributed by atoms with Gasteiger partial charge in [-0.15, -0.1) is 0 Å². The van der Waals surface area contributed by atoms with Gasteiger partial charge in [0.15, 0.2) is 11.3 Å². The Bertz CT molecular complexity index is 4260. The number of rotatable bonds is 4. The number of pyridine rings is 3. The second kappa shape index (κ2) is 25.9. The Morgan fingerprint density at radius 1 is 0.457 bits per heavy atom. The zero-order valence-electron chi connectivity index (χ0n) is 42.1. The van der Waals surface area contributed by atoms with E-state index >= 15 is 0 Å². The van der Waals surface area contributed by atoms with Gasteiger partial charge in [-0.1, -0.05) is 163 Å². The molecular weight excluding hydrogens is 1160 g/mol. The topological polar surface area (TPSA) is 127 Å². The fourth-order valence-electron chi connectivity index (χ4n) is 9.30. The van der Waals surface area contributed by atoms with Crippen molar-refractivity contribution in [2.45, 2.75) is 20.3 Å². The summed E-state index contributed by atoms with van der Waals surface area (Å²) in [4.78, 5) is 32.3. The van der Waals surface area contributed by atoms with Crippen LogP contribution in [0.3, 0.4) is 0 Å². The minimum Gasteiger partial charge on any atom is -0.536 e. The molecular formula is C64H46BBrCl4N9O2. The van der Waals surface area contributed by atoms with E-state index in [4.69, 9.17) is 76.4 Å². The van der Waals surface area contributed by atoms with E-state index in [1.54, 1.807) is 60.9 Å². The summed E-state index contributed by atoms with van der Waals surface area (Å²) in [6, 6.07) is 67.1. The SMILES string of the molecule is C.Clc1ccccc1-c1ncccc1Cl.Clc1cccnc1Br.O[B]Oc1ccccc1Cl.c1ccc2c(c1)CC(C1=Nc3ccccc3C1)=N2.c1ccc2c(c1)nc1c3nc4ccccc4n3c3cccnc3c3ccccc3n21. The van der Waals surface area contributed by atoms with Crippen molar-refractivity contribution < 1.29 is 9.68 Å². The standard InChI is InChI=1S/C25H15N5.C16H12N2.C11H7Cl2N.C6H5BClO2.C5H3BrClN.CH4/c1-4-11-19-16(8-1)23-22(14-7-15-26-23)30-21-13-6-3-10-18(21)28-25(30)24-27-17-9-2-5-12-20(17)29(19)24;1-3-7-13-11(5-1)9-15(17-13)16-10-12-6-2-4-8-14(12)18-16;12-9-5-2-1-4-8(9)11-10(13)6-3-7-14-11;8-5-3-1-2-4-6(5)10-7-9;6-5-4(7)2-1-3-8-5;/h1-15H;1-8H,9-10H2;1-7H;1-4,9H;1-3H;1H4. The quantitative estimate of drug-likeness (QED) is 0.137. The molecule has 13 aromatic rings. The molecule has 0 unspecified atom stereocenters. The maximum Gasteiger partial charge on any atom is 0.569 e. The summed E-state index contributed by atoms with van der Waals surface area (Å²) in [7, 11) is 0.598. The van der Waals surface area contributed by atoms with Gasteiger partial charge in [0.05, 0.1) is 87.2 Å². The van der Waals surface area contributed by atoms with Gasteiger partial charge in [-0.25, -0.2) is 15.0 Å². The molecule has 81 heavy (non-hydrogen) atoms. The molecule has 1 radical (unpaired) electrons. The smallest absolute Gasteiger partial charge is 0.536 e. The molecule has 397 valence electrons. The maximum absolute atomic E-state index is 8.24. The number of halogens is 5.